The van der Waals surface area contributed by atoms with Gasteiger partial charge in [0.15, 0.2) is 29.1 Å². The van der Waals surface area contributed by atoms with Gasteiger partial charge in [0.2, 0.25) is 11.6 Å². The fraction of sp³-hybridized carbons (Fsp3) is 0.250. The molecule has 0 aliphatic rings. The number of amides is 1. The molecule has 0 saturated heterocycles. The van der Waals surface area contributed by atoms with E-state index >= 15 is 0 Å². The minimum absolute atomic E-state index is 0. The lowest BCUT2D eigenvalue weighted by molar-refractivity contribution is -0.123. The van der Waals surface area contributed by atoms with Crippen LogP contribution in [0.3, 0.4) is 0 Å². The zero-order valence-corrected chi connectivity index (χ0v) is 18.7. The SMILES string of the molecule is Cl.[N-]=[N+]=Nc1cccc(C(=O)N[C@@H](CCCNC(=N)N)C(=O)COc2c(F)c(F)cc(F)c2F)c1. The van der Waals surface area contributed by atoms with E-state index < -0.39 is 53.4 Å². The van der Waals surface area contributed by atoms with Crippen molar-refractivity contribution >= 4 is 35.7 Å². The van der Waals surface area contributed by atoms with Gasteiger partial charge in [-0.15, -0.1) is 12.4 Å². The average Bonchev–Trinajstić information content (AvgIpc) is 2.79. The average molecular weight is 518 g/mol. The number of hydrogen-bond donors (Lipinski definition) is 4. The molecule has 188 valence electrons. The molecule has 15 heteroatoms. The lowest BCUT2D eigenvalue weighted by Gasteiger charge is -2.19. The van der Waals surface area contributed by atoms with Crippen molar-refractivity contribution in [3.8, 4) is 5.75 Å². The standard InChI is InChI=1S/C20H19F4N7O3.ClH/c21-12-8-13(22)17(24)18(16(12)23)34-9-15(32)14(5-2-6-28-20(25)26)29-19(33)10-3-1-4-11(7-10)30-31-27;/h1,3-4,7-8,14H,2,5-6,9H2,(H,29,33)(H4,25,26,28);1H/t14-;/m0./s1. The highest BCUT2D eigenvalue weighted by molar-refractivity contribution is 5.98. The normalized spacial score (nSPS) is 10.9. The van der Waals surface area contributed by atoms with Gasteiger partial charge in [-0.3, -0.25) is 15.0 Å². The molecule has 0 aromatic heterocycles. The molecule has 0 unspecified atom stereocenters. The number of benzene rings is 2. The number of ether oxygens (including phenoxy) is 1. The van der Waals surface area contributed by atoms with Crippen molar-refractivity contribution in [2.45, 2.75) is 18.9 Å². The largest absolute Gasteiger partial charge is 0.479 e. The molecular formula is C20H20ClF4N7O3. The maximum absolute atomic E-state index is 13.8. The minimum Gasteiger partial charge on any atom is -0.479 e. The third-order valence-electron chi connectivity index (χ3n) is 4.38. The van der Waals surface area contributed by atoms with Crippen LogP contribution in [0.2, 0.25) is 0 Å². The van der Waals surface area contributed by atoms with E-state index in [1.54, 1.807) is 0 Å². The molecule has 0 saturated carbocycles. The third kappa shape index (κ3) is 8.36. The highest BCUT2D eigenvalue weighted by atomic mass is 35.5. The molecule has 0 aliphatic carbocycles. The Morgan fingerprint density at radius 3 is 2.43 bits per heavy atom. The minimum atomic E-state index is -1.81. The van der Waals surface area contributed by atoms with Crippen LogP contribution in [0, 0.1) is 28.7 Å². The van der Waals surface area contributed by atoms with Crippen molar-refractivity contribution in [3.05, 3.63) is 69.6 Å². The Morgan fingerprint density at radius 1 is 1.17 bits per heavy atom. The number of rotatable bonds is 11. The molecule has 0 bridgehead atoms. The fourth-order valence-corrected chi connectivity index (χ4v) is 2.77. The van der Waals surface area contributed by atoms with Gasteiger partial charge in [0.25, 0.3) is 5.91 Å². The topological polar surface area (TPSA) is 166 Å². The Morgan fingerprint density at radius 2 is 1.83 bits per heavy atom. The highest BCUT2D eigenvalue weighted by Crippen LogP contribution is 2.26. The van der Waals surface area contributed by atoms with Crippen molar-refractivity contribution in [2.75, 3.05) is 13.2 Å². The lowest BCUT2D eigenvalue weighted by Crippen LogP contribution is -2.43. The first-order valence-electron chi connectivity index (χ1n) is 9.66. The fourth-order valence-electron chi connectivity index (χ4n) is 2.77. The van der Waals surface area contributed by atoms with E-state index in [-0.39, 0.29) is 55.1 Å². The van der Waals surface area contributed by atoms with Crippen LogP contribution < -0.4 is 21.1 Å². The summed E-state index contributed by atoms with van der Waals surface area (Å²) in [6.45, 7) is -0.846. The number of hydrogen-bond acceptors (Lipinski definition) is 5. The summed E-state index contributed by atoms with van der Waals surface area (Å²) in [4.78, 5) is 27.9. The predicted octanol–water partition coefficient (Wildman–Crippen LogP) is 3.62. The third-order valence-corrected chi connectivity index (χ3v) is 4.38. The molecule has 10 nitrogen and oxygen atoms in total. The van der Waals surface area contributed by atoms with Crippen LogP contribution in [-0.4, -0.2) is 36.8 Å². The molecule has 0 spiro atoms. The zero-order chi connectivity index (χ0) is 25.3. The van der Waals surface area contributed by atoms with E-state index in [1.165, 1.54) is 24.3 Å². The van der Waals surface area contributed by atoms with Crippen LogP contribution in [0.4, 0.5) is 23.2 Å². The van der Waals surface area contributed by atoms with Gasteiger partial charge in [-0.25, -0.2) is 8.78 Å². The van der Waals surface area contributed by atoms with E-state index in [2.05, 4.69) is 20.7 Å². The monoisotopic (exact) mass is 517 g/mol. The number of nitrogens with two attached hydrogens (primary N) is 1. The Hall–Kier alpha value is -4.03. The van der Waals surface area contributed by atoms with Gasteiger partial charge >= 0.3 is 0 Å². The molecule has 1 amide bonds. The molecule has 2 rings (SSSR count). The Balaban J connectivity index is 0.00000612. The van der Waals surface area contributed by atoms with E-state index in [0.717, 1.165) is 0 Å². The van der Waals surface area contributed by atoms with Crippen LogP contribution >= 0.6 is 12.4 Å². The summed E-state index contributed by atoms with van der Waals surface area (Å²) in [6.07, 6.45) is 0.221. The summed E-state index contributed by atoms with van der Waals surface area (Å²) in [5, 5.41) is 15.4. The van der Waals surface area contributed by atoms with E-state index in [9.17, 15) is 27.2 Å². The molecule has 2 aromatic carbocycles. The smallest absolute Gasteiger partial charge is 0.251 e. The number of nitrogens with one attached hydrogen (secondary N) is 3. The van der Waals surface area contributed by atoms with Gasteiger partial charge in [0, 0.05) is 28.8 Å². The lowest BCUT2D eigenvalue weighted by atomic mass is 10.1. The second-order valence-electron chi connectivity index (χ2n) is 6.80. The molecule has 0 fully saturated rings. The number of carbonyl (C=O) groups is 2. The molecule has 35 heavy (non-hydrogen) atoms. The quantitative estimate of drug-likeness (QED) is 0.0521. The number of ketones is 1. The second-order valence-corrected chi connectivity index (χ2v) is 6.80. The number of carbonyl (C=O) groups excluding carboxylic acids is 2. The van der Waals surface area contributed by atoms with Crippen molar-refractivity contribution < 1.29 is 31.9 Å². The number of azide groups is 1. The van der Waals surface area contributed by atoms with Gasteiger partial charge in [-0.05, 0) is 30.5 Å². The summed E-state index contributed by atoms with van der Waals surface area (Å²) in [5.41, 5.74) is 13.9. The van der Waals surface area contributed by atoms with Gasteiger partial charge in [0.1, 0.15) is 6.61 Å². The molecule has 5 N–H and O–H groups in total. The van der Waals surface area contributed by atoms with E-state index in [1.807, 2.05) is 0 Å². The molecule has 0 radical (unpaired) electrons. The second kappa shape index (κ2) is 13.6. The molecule has 2 aromatic rings. The van der Waals surface area contributed by atoms with Crippen LogP contribution in [0.25, 0.3) is 10.4 Å². The predicted molar refractivity (Wildman–Crippen MR) is 120 cm³/mol. The van der Waals surface area contributed by atoms with Gasteiger partial charge in [-0.2, -0.15) is 8.78 Å². The molecule has 0 aliphatic heterocycles. The highest BCUT2D eigenvalue weighted by Gasteiger charge is 2.25. The van der Waals surface area contributed by atoms with Gasteiger partial charge in [0.05, 0.1) is 6.04 Å². The first-order valence-corrected chi connectivity index (χ1v) is 9.66. The van der Waals surface area contributed by atoms with Crippen LogP contribution in [-0.2, 0) is 4.79 Å². The summed E-state index contributed by atoms with van der Waals surface area (Å²) < 4.78 is 59.0. The van der Waals surface area contributed by atoms with Crippen molar-refractivity contribution in [1.82, 2.24) is 10.6 Å². The van der Waals surface area contributed by atoms with Crippen molar-refractivity contribution in [2.24, 2.45) is 10.8 Å². The van der Waals surface area contributed by atoms with Crippen LogP contribution in [0.15, 0.2) is 35.4 Å². The van der Waals surface area contributed by atoms with Gasteiger partial charge < -0.3 is 21.1 Å². The number of guanidine groups is 1. The summed E-state index contributed by atoms with van der Waals surface area (Å²) >= 11 is 0. The van der Waals surface area contributed by atoms with Crippen molar-refractivity contribution in [1.29, 1.82) is 5.41 Å². The number of halogens is 5. The maximum Gasteiger partial charge on any atom is 0.251 e. The van der Waals surface area contributed by atoms with Crippen LogP contribution in [0.5, 0.6) is 5.75 Å². The summed E-state index contributed by atoms with van der Waals surface area (Å²) in [7, 11) is 0. The first-order chi connectivity index (χ1) is 16.1. The first kappa shape index (κ1) is 29.0. The number of Topliss-reactive ketones (excluding diaryl/α,β-unsaturated/α-hetero) is 1. The van der Waals surface area contributed by atoms with E-state index in [0.29, 0.717) is 0 Å². The maximum atomic E-state index is 13.8. The Kier molecular flexibility index (Phi) is 11.3. The molecular weight excluding hydrogens is 498 g/mol. The summed E-state index contributed by atoms with van der Waals surface area (Å²) in [5.74, 6) is -10.4. The van der Waals surface area contributed by atoms with Crippen LogP contribution in [0.1, 0.15) is 23.2 Å². The zero-order valence-electron chi connectivity index (χ0n) is 17.9. The van der Waals surface area contributed by atoms with Crippen molar-refractivity contribution in [3.63, 3.8) is 0 Å². The molecule has 1 atom stereocenters. The molecule has 0 heterocycles. The van der Waals surface area contributed by atoms with E-state index in [4.69, 9.17) is 21.4 Å². The Bertz CT molecular complexity index is 1120. The van der Waals surface area contributed by atoms with Gasteiger partial charge in [-0.1, -0.05) is 17.2 Å². The Labute approximate surface area is 202 Å². The number of nitrogens with zero attached hydrogens (tertiary/aromatic N) is 3. The summed E-state index contributed by atoms with van der Waals surface area (Å²) in [6, 6.07) is 4.30.